The molecule has 2 aromatic carbocycles. The van der Waals surface area contributed by atoms with Crippen LogP contribution in [0.25, 0.3) is 0 Å². The summed E-state index contributed by atoms with van der Waals surface area (Å²) in [4.78, 5) is 10.7. The van der Waals surface area contributed by atoms with Crippen LogP contribution in [0.3, 0.4) is 0 Å². The van der Waals surface area contributed by atoms with Crippen molar-refractivity contribution in [3.05, 3.63) is 48.0 Å². The second-order valence-electron chi connectivity index (χ2n) is 4.17. The Morgan fingerprint density at radius 2 is 1.67 bits per heavy atom. The summed E-state index contributed by atoms with van der Waals surface area (Å²) in [5.74, 6) is -1.16. The van der Waals surface area contributed by atoms with Gasteiger partial charge in [0.25, 0.3) is 0 Å². The van der Waals surface area contributed by atoms with Crippen LogP contribution in [0.15, 0.2) is 52.7 Å². The average molecular weight is 286 g/mol. The van der Waals surface area contributed by atoms with E-state index in [1.807, 2.05) is 0 Å². The summed E-state index contributed by atoms with van der Waals surface area (Å²) in [6.07, 6.45) is 0. The number of phenols is 1. The highest BCUT2D eigenvalue weighted by atomic mass is 16.4. The fraction of sp³-hybridized carbons (Fsp3) is 0. The van der Waals surface area contributed by atoms with Crippen LogP contribution in [0, 0.1) is 0 Å². The molecule has 8 heteroatoms. The maximum atomic E-state index is 10.7. The molecule has 2 rings (SSSR count). The topological polar surface area (TPSA) is 123 Å². The van der Waals surface area contributed by atoms with Gasteiger partial charge in [-0.1, -0.05) is 0 Å². The van der Waals surface area contributed by atoms with E-state index < -0.39 is 13.1 Å². The van der Waals surface area contributed by atoms with E-state index in [0.717, 1.165) is 0 Å². The molecule has 0 aromatic heterocycles. The monoisotopic (exact) mass is 286 g/mol. The van der Waals surface area contributed by atoms with E-state index in [0.29, 0.717) is 5.69 Å². The van der Waals surface area contributed by atoms with Crippen molar-refractivity contribution in [3.63, 3.8) is 0 Å². The van der Waals surface area contributed by atoms with Crippen molar-refractivity contribution >= 4 is 29.9 Å². The van der Waals surface area contributed by atoms with Crippen LogP contribution in [0.1, 0.15) is 10.4 Å². The minimum absolute atomic E-state index is 0.0147. The molecule has 0 saturated carbocycles. The normalized spacial score (nSPS) is 10.8. The van der Waals surface area contributed by atoms with Gasteiger partial charge in [0, 0.05) is 5.46 Å². The highest BCUT2D eigenvalue weighted by Crippen LogP contribution is 2.20. The van der Waals surface area contributed by atoms with E-state index in [9.17, 15) is 19.9 Å². The molecule has 0 atom stereocenters. The maximum absolute atomic E-state index is 10.7. The van der Waals surface area contributed by atoms with E-state index in [-0.39, 0.29) is 22.5 Å². The van der Waals surface area contributed by atoms with Gasteiger partial charge in [0.05, 0.1) is 16.9 Å². The predicted octanol–water partition coefficient (Wildman–Crippen LogP) is 1.19. The van der Waals surface area contributed by atoms with Gasteiger partial charge in [-0.05, 0) is 42.5 Å². The Labute approximate surface area is 120 Å². The predicted molar refractivity (Wildman–Crippen MR) is 75.5 cm³/mol. The third-order valence-corrected chi connectivity index (χ3v) is 2.68. The van der Waals surface area contributed by atoms with Crippen molar-refractivity contribution in [2.24, 2.45) is 10.2 Å². The number of azo groups is 1. The van der Waals surface area contributed by atoms with Crippen molar-refractivity contribution in [2.45, 2.75) is 0 Å². The first kappa shape index (κ1) is 14.7. The smallest absolute Gasteiger partial charge is 0.490 e. The number of aromatic hydroxyl groups is 1. The molecule has 0 unspecified atom stereocenters. The number of aromatic carboxylic acids is 1. The van der Waals surface area contributed by atoms with Gasteiger partial charge in [-0.3, -0.25) is 0 Å². The van der Waals surface area contributed by atoms with Crippen molar-refractivity contribution < 1.29 is 25.1 Å². The summed E-state index contributed by atoms with van der Waals surface area (Å²) in [5, 5.41) is 44.2. The minimum Gasteiger partial charge on any atom is -0.508 e. The van der Waals surface area contributed by atoms with Gasteiger partial charge in [0.2, 0.25) is 0 Å². The van der Waals surface area contributed by atoms with Crippen molar-refractivity contribution in [1.82, 2.24) is 0 Å². The summed E-state index contributed by atoms with van der Waals surface area (Å²) >= 11 is 0. The van der Waals surface area contributed by atoms with Gasteiger partial charge in [-0.2, -0.15) is 10.2 Å². The number of carboxylic acid groups (broad SMARTS) is 1. The molecule has 0 heterocycles. The van der Waals surface area contributed by atoms with Crippen LogP contribution in [-0.4, -0.2) is 33.3 Å². The molecule has 0 aliphatic heterocycles. The largest absolute Gasteiger partial charge is 0.508 e. The molecule has 4 N–H and O–H groups in total. The van der Waals surface area contributed by atoms with Gasteiger partial charge in [0.15, 0.2) is 0 Å². The van der Waals surface area contributed by atoms with E-state index in [1.54, 1.807) is 0 Å². The Kier molecular flexibility index (Phi) is 4.31. The van der Waals surface area contributed by atoms with Crippen LogP contribution < -0.4 is 5.46 Å². The lowest BCUT2D eigenvalue weighted by atomic mass is 9.79. The van der Waals surface area contributed by atoms with Crippen LogP contribution in [0.4, 0.5) is 11.4 Å². The highest BCUT2D eigenvalue weighted by molar-refractivity contribution is 6.60. The number of hydrogen-bond acceptors (Lipinski definition) is 6. The number of hydrogen-bond donors (Lipinski definition) is 4. The van der Waals surface area contributed by atoms with Crippen LogP contribution in [0.5, 0.6) is 5.75 Å². The molecular formula is C13H11BN2O5. The van der Waals surface area contributed by atoms with Crippen molar-refractivity contribution in [1.29, 1.82) is 0 Å². The fourth-order valence-corrected chi connectivity index (χ4v) is 1.62. The number of rotatable bonds is 4. The third-order valence-electron chi connectivity index (χ3n) is 2.68. The first-order chi connectivity index (χ1) is 9.97. The zero-order valence-electron chi connectivity index (χ0n) is 10.7. The highest BCUT2D eigenvalue weighted by Gasteiger charge is 2.16. The lowest BCUT2D eigenvalue weighted by Crippen LogP contribution is -2.29. The molecular weight excluding hydrogens is 275 g/mol. The molecule has 0 aliphatic carbocycles. The third kappa shape index (κ3) is 3.65. The van der Waals surface area contributed by atoms with Crippen molar-refractivity contribution in [2.75, 3.05) is 0 Å². The first-order valence-electron chi connectivity index (χ1n) is 5.91. The quantitative estimate of drug-likeness (QED) is 0.496. The second kappa shape index (κ2) is 6.16. The summed E-state index contributed by atoms with van der Waals surface area (Å²) in [6.45, 7) is 0. The minimum atomic E-state index is -1.79. The van der Waals surface area contributed by atoms with Crippen molar-refractivity contribution in [3.8, 4) is 5.75 Å². The second-order valence-corrected chi connectivity index (χ2v) is 4.17. The molecule has 0 bridgehead atoms. The van der Waals surface area contributed by atoms with Gasteiger partial charge in [0.1, 0.15) is 5.75 Å². The number of nitrogens with zero attached hydrogens (tertiary/aromatic N) is 2. The molecule has 0 spiro atoms. The maximum Gasteiger partial charge on any atom is 0.490 e. The molecule has 7 nitrogen and oxygen atoms in total. The van der Waals surface area contributed by atoms with E-state index in [2.05, 4.69) is 10.2 Å². The first-order valence-corrected chi connectivity index (χ1v) is 5.91. The molecule has 0 aliphatic rings. The molecule has 106 valence electrons. The fourth-order valence-electron chi connectivity index (χ4n) is 1.62. The Morgan fingerprint density at radius 1 is 1.00 bits per heavy atom. The zero-order valence-corrected chi connectivity index (χ0v) is 10.7. The SMILES string of the molecule is O=C(O)c1ccc(N=Nc2ccc(O)cc2B(O)O)cc1. The van der Waals surface area contributed by atoms with Crippen LogP contribution >= 0.6 is 0 Å². The van der Waals surface area contributed by atoms with E-state index >= 15 is 0 Å². The average Bonchev–Trinajstić information content (AvgIpc) is 2.46. The Morgan fingerprint density at radius 3 is 2.24 bits per heavy atom. The summed E-state index contributed by atoms with van der Waals surface area (Å²) in [7, 11) is -1.79. The van der Waals surface area contributed by atoms with Crippen LogP contribution in [-0.2, 0) is 0 Å². The number of benzene rings is 2. The lowest BCUT2D eigenvalue weighted by Gasteiger charge is -2.04. The number of carbonyl (C=O) groups is 1. The molecule has 0 radical (unpaired) electrons. The summed E-state index contributed by atoms with van der Waals surface area (Å²) < 4.78 is 0. The van der Waals surface area contributed by atoms with E-state index in [4.69, 9.17) is 5.11 Å². The Balaban J connectivity index is 2.27. The van der Waals surface area contributed by atoms with Gasteiger partial charge >= 0.3 is 13.1 Å². The summed E-state index contributed by atoms with van der Waals surface area (Å²) in [6, 6.07) is 9.62. The molecule has 2 aromatic rings. The molecule has 0 saturated heterocycles. The van der Waals surface area contributed by atoms with Gasteiger partial charge in [-0.15, -0.1) is 0 Å². The molecule has 0 amide bonds. The number of phenolic OH excluding ortho intramolecular Hbond substituents is 1. The standard InChI is InChI=1S/C13H11BN2O5/c17-10-5-6-12(11(7-10)14(20)21)16-15-9-3-1-8(2-4-9)13(18)19/h1-7,17,20-21H,(H,18,19). The molecule has 0 fully saturated rings. The Hall–Kier alpha value is -2.71. The lowest BCUT2D eigenvalue weighted by molar-refractivity contribution is 0.0697. The van der Waals surface area contributed by atoms with E-state index in [1.165, 1.54) is 42.5 Å². The number of carboxylic acids is 1. The zero-order chi connectivity index (χ0) is 15.4. The summed E-state index contributed by atoms with van der Waals surface area (Å²) in [5.41, 5.74) is 0.738. The van der Waals surface area contributed by atoms with Crippen LogP contribution in [0.2, 0.25) is 0 Å². The molecule has 21 heavy (non-hydrogen) atoms. The van der Waals surface area contributed by atoms with Gasteiger partial charge < -0.3 is 20.3 Å². The van der Waals surface area contributed by atoms with Gasteiger partial charge in [-0.25, -0.2) is 4.79 Å². The Bertz CT molecular complexity index is 685.